The molecule has 1 nitrogen and oxygen atoms in total. The zero-order valence-corrected chi connectivity index (χ0v) is 12.0. The summed E-state index contributed by atoms with van der Waals surface area (Å²) in [5, 5.41) is 0. The number of rotatable bonds is 3. The van der Waals surface area contributed by atoms with Crippen LogP contribution in [0.25, 0.3) is 0 Å². The zero-order chi connectivity index (χ0) is 13.2. The Labute approximate surface area is 119 Å². The molecule has 1 aliphatic rings. The van der Waals surface area contributed by atoms with Gasteiger partial charge in [-0.2, -0.15) is 0 Å². The van der Waals surface area contributed by atoms with Crippen LogP contribution in [-0.4, -0.2) is 0 Å². The van der Waals surface area contributed by atoms with E-state index in [9.17, 15) is 0 Å². The van der Waals surface area contributed by atoms with Crippen molar-refractivity contribution in [1.29, 1.82) is 0 Å². The molecule has 0 fully saturated rings. The van der Waals surface area contributed by atoms with Crippen LogP contribution in [0.1, 0.15) is 36.1 Å². The second-order valence-electron chi connectivity index (χ2n) is 5.24. The summed E-state index contributed by atoms with van der Waals surface area (Å²) in [6.07, 6.45) is 3.81. The Hall–Kier alpha value is -1.25. The van der Waals surface area contributed by atoms with Crippen LogP contribution in [0.4, 0.5) is 0 Å². The Kier molecular flexibility index (Phi) is 3.63. The molecule has 98 valence electrons. The molecule has 0 amide bonds. The number of fused-ring (bicyclic) bond motifs is 1. The molecule has 3 rings (SSSR count). The van der Waals surface area contributed by atoms with Gasteiger partial charge in [0.2, 0.25) is 0 Å². The van der Waals surface area contributed by atoms with Crippen LogP contribution < -0.4 is 5.73 Å². The average Bonchev–Trinajstić information content (AvgIpc) is 2.87. The largest absolute Gasteiger partial charge is 0.324 e. The topological polar surface area (TPSA) is 26.0 Å². The molecule has 19 heavy (non-hydrogen) atoms. The van der Waals surface area contributed by atoms with Gasteiger partial charge in [-0.25, -0.2) is 0 Å². The standard InChI is InChI=1S/C17H19NS/c1-12(18)13-5-8-16(9-6-13)19-17-10-7-14-3-2-4-15(14)11-17/h5-12H,2-4,18H2,1H3/t12-/m1/s1. The molecule has 1 aliphatic carbocycles. The van der Waals surface area contributed by atoms with Gasteiger partial charge in [-0.05, 0) is 67.1 Å². The fraction of sp³-hybridized carbons (Fsp3) is 0.294. The van der Waals surface area contributed by atoms with Crippen LogP contribution >= 0.6 is 11.8 Å². The van der Waals surface area contributed by atoms with E-state index in [1.165, 1.54) is 45.7 Å². The number of aryl methyl sites for hydroxylation is 2. The summed E-state index contributed by atoms with van der Waals surface area (Å²) < 4.78 is 0. The molecule has 2 heteroatoms. The van der Waals surface area contributed by atoms with E-state index in [-0.39, 0.29) is 6.04 Å². The molecule has 0 spiro atoms. The van der Waals surface area contributed by atoms with Gasteiger partial charge in [0.1, 0.15) is 0 Å². The Morgan fingerprint density at radius 2 is 1.63 bits per heavy atom. The Balaban J connectivity index is 1.77. The normalized spacial score (nSPS) is 15.3. The van der Waals surface area contributed by atoms with E-state index in [0.29, 0.717) is 0 Å². The summed E-state index contributed by atoms with van der Waals surface area (Å²) in [4.78, 5) is 2.62. The number of benzene rings is 2. The lowest BCUT2D eigenvalue weighted by Gasteiger charge is -2.08. The molecule has 1 atom stereocenters. The van der Waals surface area contributed by atoms with E-state index in [1.807, 2.05) is 18.7 Å². The van der Waals surface area contributed by atoms with Crippen LogP contribution in [0, 0.1) is 0 Å². The first-order chi connectivity index (χ1) is 9.22. The van der Waals surface area contributed by atoms with Gasteiger partial charge in [0.15, 0.2) is 0 Å². The molecular formula is C17H19NS. The second kappa shape index (κ2) is 5.40. The van der Waals surface area contributed by atoms with Crippen molar-refractivity contribution < 1.29 is 0 Å². The number of nitrogens with two attached hydrogens (primary N) is 1. The van der Waals surface area contributed by atoms with E-state index >= 15 is 0 Å². The molecule has 2 N–H and O–H groups in total. The second-order valence-corrected chi connectivity index (χ2v) is 6.39. The molecule has 2 aromatic carbocycles. The first-order valence-electron chi connectivity index (χ1n) is 6.87. The van der Waals surface area contributed by atoms with Crippen molar-refractivity contribution in [3.8, 4) is 0 Å². The molecule has 0 saturated heterocycles. The van der Waals surface area contributed by atoms with Gasteiger partial charge < -0.3 is 5.73 Å². The molecule has 0 aliphatic heterocycles. The van der Waals surface area contributed by atoms with Crippen molar-refractivity contribution in [2.24, 2.45) is 5.73 Å². The van der Waals surface area contributed by atoms with Crippen molar-refractivity contribution in [2.45, 2.75) is 42.0 Å². The molecule has 0 bridgehead atoms. The lowest BCUT2D eigenvalue weighted by Crippen LogP contribution is -2.04. The Bertz CT molecular complexity index is 572. The molecule has 0 heterocycles. The summed E-state index contributed by atoms with van der Waals surface area (Å²) in [5.41, 5.74) is 10.1. The van der Waals surface area contributed by atoms with Gasteiger partial charge >= 0.3 is 0 Å². The van der Waals surface area contributed by atoms with Crippen LogP contribution in [0.5, 0.6) is 0 Å². The maximum atomic E-state index is 5.87. The molecule has 2 aromatic rings. The third-order valence-electron chi connectivity index (χ3n) is 3.71. The van der Waals surface area contributed by atoms with Gasteiger partial charge in [0, 0.05) is 15.8 Å². The van der Waals surface area contributed by atoms with Gasteiger partial charge in [-0.3, -0.25) is 0 Å². The smallest absolute Gasteiger partial charge is 0.0266 e. The SMILES string of the molecule is C[C@@H](N)c1ccc(Sc2ccc3c(c2)CCC3)cc1. The van der Waals surface area contributed by atoms with Crippen LogP contribution in [0.15, 0.2) is 52.3 Å². The minimum atomic E-state index is 0.110. The maximum Gasteiger partial charge on any atom is 0.0266 e. The van der Waals surface area contributed by atoms with Gasteiger partial charge in [0.25, 0.3) is 0 Å². The first-order valence-corrected chi connectivity index (χ1v) is 7.69. The van der Waals surface area contributed by atoms with E-state index in [1.54, 1.807) is 0 Å². The zero-order valence-electron chi connectivity index (χ0n) is 11.2. The summed E-state index contributed by atoms with van der Waals surface area (Å²) in [5.74, 6) is 0. The van der Waals surface area contributed by atoms with Crippen LogP contribution in [0.2, 0.25) is 0 Å². The highest BCUT2D eigenvalue weighted by atomic mass is 32.2. The third-order valence-corrected chi connectivity index (χ3v) is 4.71. The van der Waals surface area contributed by atoms with Gasteiger partial charge in [-0.15, -0.1) is 0 Å². The molecule has 0 saturated carbocycles. The molecule has 0 unspecified atom stereocenters. The first kappa shape index (κ1) is 12.8. The van der Waals surface area contributed by atoms with E-state index < -0.39 is 0 Å². The number of hydrogen-bond acceptors (Lipinski definition) is 2. The van der Waals surface area contributed by atoms with Crippen molar-refractivity contribution in [2.75, 3.05) is 0 Å². The monoisotopic (exact) mass is 269 g/mol. The predicted octanol–water partition coefficient (Wildman–Crippen LogP) is 4.35. The fourth-order valence-electron chi connectivity index (χ4n) is 2.59. The maximum absolute atomic E-state index is 5.87. The fourth-order valence-corrected chi connectivity index (χ4v) is 3.47. The Morgan fingerprint density at radius 3 is 2.37 bits per heavy atom. The van der Waals surface area contributed by atoms with E-state index in [0.717, 1.165) is 0 Å². The lowest BCUT2D eigenvalue weighted by atomic mass is 10.1. The third kappa shape index (κ3) is 2.85. The lowest BCUT2D eigenvalue weighted by molar-refractivity contribution is 0.817. The number of hydrogen-bond donors (Lipinski definition) is 1. The van der Waals surface area contributed by atoms with Crippen LogP contribution in [-0.2, 0) is 12.8 Å². The van der Waals surface area contributed by atoms with Crippen molar-refractivity contribution in [3.63, 3.8) is 0 Å². The highest BCUT2D eigenvalue weighted by Crippen LogP contribution is 2.32. The van der Waals surface area contributed by atoms with E-state index in [2.05, 4.69) is 42.5 Å². The minimum Gasteiger partial charge on any atom is -0.324 e. The van der Waals surface area contributed by atoms with Gasteiger partial charge in [-0.1, -0.05) is 30.0 Å². The van der Waals surface area contributed by atoms with Crippen molar-refractivity contribution in [1.82, 2.24) is 0 Å². The predicted molar refractivity (Wildman–Crippen MR) is 81.6 cm³/mol. The molecule has 0 aromatic heterocycles. The highest BCUT2D eigenvalue weighted by molar-refractivity contribution is 7.99. The minimum absolute atomic E-state index is 0.110. The van der Waals surface area contributed by atoms with Crippen molar-refractivity contribution >= 4 is 11.8 Å². The Morgan fingerprint density at radius 1 is 0.947 bits per heavy atom. The van der Waals surface area contributed by atoms with E-state index in [4.69, 9.17) is 5.73 Å². The molecule has 0 radical (unpaired) electrons. The quantitative estimate of drug-likeness (QED) is 0.896. The average molecular weight is 269 g/mol. The van der Waals surface area contributed by atoms with Crippen molar-refractivity contribution in [3.05, 3.63) is 59.2 Å². The van der Waals surface area contributed by atoms with Crippen LogP contribution in [0.3, 0.4) is 0 Å². The highest BCUT2D eigenvalue weighted by Gasteiger charge is 2.11. The summed E-state index contributed by atoms with van der Waals surface area (Å²) in [6.45, 7) is 2.02. The molecular weight excluding hydrogens is 250 g/mol. The summed E-state index contributed by atoms with van der Waals surface area (Å²) in [6, 6.07) is 15.6. The summed E-state index contributed by atoms with van der Waals surface area (Å²) >= 11 is 1.83. The summed E-state index contributed by atoms with van der Waals surface area (Å²) in [7, 11) is 0. The van der Waals surface area contributed by atoms with Gasteiger partial charge in [0.05, 0.1) is 0 Å².